The first-order valence-corrected chi connectivity index (χ1v) is 6.26. The van der Waals surface area contributed by atoms with Crippen LogP contribution in [-0.2, 0) is 4.79 Å². The summed E-state index contributed by atoms with van der Waals surface area (Å²) in [7, 11) is 0. The second-order valence-electron chi connectivity index (χ2n) is 5.10. The van der Waals surface area contributed by atoms with Gasteiger partial charge in [0.1, 0.15) is 0 Å². The molecule has 0 saturated heterocycles. The predicted octanol–water partition coefficient (Wildman–Crippen LogP) is 1.29. The van der Waals surface area contributed by atoms with Crippen molar-refractivity contribution >= 4 is 5.91 Å². The van der Waals surface area contributed by atoms with Crippen molar-refractivity contribution in [1.82, 2.24) is 10.6 Å². The molecule has 0 aromatic rings. The van der Waals surface area contributed by atoms with Gasteiger partial charge in [0.2, 0.25) is 5.91 Å². The van der Waals surface area contributed by atoms with Gasteiger partial charge in [0, 0.05) is 25.6 Å². The van der Waals surface area contributed by atoms with E-state index in [1.54, 1.807) is 0 Å². The number of carbonyl (C=O) groups excluding carboxylic acids is 1. The largest absolute Gasteiger partial charge is 0.356 e. The average molecular weight is 210 g/mol. The van der Waals surface area contributed by atoms with Gasteiger partial charge >= 0.3 is 0 Å². The van der Waals surface area contributed by atoms with Crippen LogP contribution in [0.2, 0.25) is 0 Å². The Hall–Kier alpha value is -0.570. The Balaban J connectivity index is 1.47. The molecule has 2 rings (SSSR count). The maximum absolute atomic E-state index is 11.4. The minimum Gasteiger partial charge on any atom is -0.356 e. The molecule has 0 aliphatic heterocycles. The number of hydrogen-bond acceptors (Lipinski definition) is 2. The smallest absolute Gasteiger partial charge is 0.221 e. The zero-order valence-corrected chi connectivity index (χ0v) is 9.59. The van der Waals surface area contributed by atoms with Crippen LogP contribution in [0.25, 0.3) is 0 Å². The second kappa shape index (κ2) is 4.97. The Morgan fingerprint density at radius 1 is 1.33 bits per heavy atom. The first-order valence-electron chi connectivity index (χ1n) is 6.26. The average Bonchev–Trinajstić information content (AvgIpc) is 3.02. The van der Waals surface area contributed by atoms with Gasteiger partial charge in [-0.05, 0) is 37.5 Å². The SMILES string of the molecule is CC(CNC(=O)CCNC1CC1)C1CC1. The van der Waals surface area contributed by atoms with Crippen molar-refractivity contribution in [3.05, 3.63) is 0 Å². The first kappa shape index (κ1) is 10.9. The summed E-state index contributed by atoms with van der Waals surface area (Å²) < 4.78 is 0. The number of rotatable bonds is 7. The van der Waals surface area contributed by atoms with Gasteiger partial charge in [0.25, 0.3) is 0 Å². The minimum atomic E-state index is 0.204. The minimum absolute atomic E-state index is 0.204. The molecule has 0 aromatic carbocycles. The van der Waals surface area contributed by atoms with E-state index in [9.17, 15) is 4.79 Å². The first-order chi connectivity index (χ1) is 7.25. The highest BCUT2D eigenvalue weighted by atomic mass is 16.1. The summed E-state index contributed by atoms with van der Waals surface area (Å²) in [6, 6.07) is 0.711. The van der Waals surface area contributed by atoms with Crippen LogP contribution in [0.15, 0.2) is 0 Å². The van der Waals surface area contributed by atoms with Gasteiger partial charge in [0.15, 0.2) is 0 Å². The molecule has 0 aromatic heterocycles. The third kappa shape index (κ3) is 4.20. The summed E-state index contributed by atoms with van der Waals surface area (Å²) in [6.45, 7) is 3.95. The fourth-order valence-electron chi connectivity index (χ4n) is 1.87. The Morgan fingerprint density at radius 2 is 2.07 bits per heavy atom. The maximum Gasteiger partial charge on any atom is 0.221 e. The van der Waals surface area contributed by atoms with Gasteiger partial charge in [-0.2, -0.15) is 0 Å². The highest BCUT2D eigenvalue weighted by molar-refractivity contribution is 5.76. The molecule has 0 heterocycles. The summed E-state index contributed by atoms with van der Waals surface area (Å²) >= 11 is 0. The molecule has 2 fully saturated rings. The lowest BCUT2D eigenvalue weighted by atomic mass is 10.1. The van der Waals surface area contributed by atoms with Crippen LogP contribution in [0.4, 0.5) is 0 Å². The highest BCUT2D eigenvalue weighted by Crippen LogP contribution is 2.35. The molecule has 0 spiro atoms. The molecule has 3 nitrogen and oxygen atoms in total. The molecule has 3 heteroatoms. The quantitative estimate of drug-likeness (QED) is 0.665. The van der Waals surface area contributed by atoms with Crippen LogP contribution >= 0.6 is 0 Å². The third-order valence-corrected chi connectivity index (χ3v) is 3.41. The predicted molar refractivity (Wildman–Crippen MR) is 60.5 cm³/mol. The molecule has 0 bridgehead atoms. The van der Waals surface area contributed by atoms with E-state index in [0.717, 1.165) is 19.0 Å². The van der Waals surface area contributed by atoms with Crippen molar-refractivity contribution < 1.29 is 4.79 Å². The van der Waals surface area contributed by atoms with E-state index in [1.807, 2.05) is 0 Å². The molecule has 2 N–H and O–H groups in total. The van der Waals surface area contributed by atoms with Crippen molar-refractivity contribution in [3.8, 4) is 0 Å². The zero-order valence-electron chi connectivity index (χ0n) is 9.59. The molecule has 2 aliphatic carbocycles. The molecule has 2 aliphatic rings. The van der Waals surface area contributed by atoms with Crippen LogP contribution in [0, 0.1) is 11.8 Å². The molecular formula is C12H22N2O. The molecule has 86 valence electrons. The fourth-order valence-corrected chi connectivity index (χ4v) is 1.87. The number of carbonyl (C=O) groups is 1. The van der Waals surface area contributed by atoms with E-state index >= 15 is 0 Å². The maximum atomic E-state index is 11.4. The van der Waals surface area contributed by atoms with Crippen molar-refractivity contribution in [1.29, 1.82) is 0 Å². The van der Waals surface area contributed by atoms with Crippen LogP contribution < -0.4 is 10.6 Å². The zero-order chi connectivity index (χ0) is 10.7. The van der Waals surface area contributed by atoms with Crippen molar-refractivity contribution in [3.63, 3.8) is 0 Å². The number of amides is 1. The van der Waals surface area contributed by atoms with Crippen LogP contribution in [0.1, 0.15) is 39.0 Å². The standard InChI is InChI=1S/C12H22N2O/c1-9(10-2-3-10)8-14-12(15)6-7-13-11-4-5-11/h9-11,13H,2-8H2,1H3,(H,14,15). The van der Waals surface area contributed by atoms with E-state index < -0.39 is 0 Å². The van der Waals surface area contributed by atoms with Gasteiger partial charge in [-0.25, -0.2) is 0 Å². The summed E-state index contributed by atoms with van der Waals surface area (Å²) in [6.07, 6.45) is 5.94. The van der Waals surface area contributed by atoms with Crippen LogP contribution in [-0.4, -0.2) is 25.0 Å². The van der Waals surface area contributed by atoms with E-state index in [1.165, 1.54) is 25.7 Å². The lowest BCUT2D eigenvalue weighted by Gasteiger charge is -2.11. The molecule has 1 atom stereocenters. The Morgan fingerprint density at radius 3 is 2.67 bits per heavy atom. The second-order valence-corrected chi connectivity index (χ2v) is 5.10. The highest BCUT2D eigenvalue weighted by Gasteiger charge is 2.27. The van der Waals surface area contributed by atoms with Crippen molar-refractivity contribution in [2.75, 3.05) is 13.1 Å². The lowest BCUT2D eigenvalue weighted by Crippen LogP contribution is -2.31. The normalized spacial score (nSPS) is 22.5. The Labute approximate surface area is 92.0 Å². The van der Waals surface area contributed by atoms with Gasteiger partial charge in [-0.3, -0.25) is 4.79 Å². The van der Waals surface area contributed by atoms with Gasteiger partial charge in [0.05, 0.1) is 0 Å². The number of hydrogen-bond donors (Lipinski definition) is 2. The van der Waals surface area contributed by atoms with Crippen molar-refractivity contribution in [2.45, 2.75) is 45.1 Å². The molecular weight excluding hydrogens is 188 g/mol. The fraction of sp³-hybridized carbons (Fsp3) is 0.917. The molecule has 1 amide bonds. The van der Waals surface area contributed by atoms with Crippen LogP contribution in [0.3, 0.4) is 0 Å². The molecule has 15 heavy (non-hydrogen) atoms. The summed E-state index contributed by atoms with van der Waals surface area (Å²) in [5, 5.41) is 6.37. The lowest BCUT2D eigenvalue weighted by molar-refractivity contribution is -0.121. The molecule has 0 radical (unpaired) electrons. The van der Waals surface area contributed by atoms with E-state index in [2.05, 4.69) is 17.6 Å². The van der Waals surface area contributed by atoms with Gasteiger partial charge in [-0.15, -0.1) is 0 Å². The van der Waals surface area contributed by atoms with Crippen LogP contribution in [0.5, 0.6) is 0 Å². The summed E-state index contributed by atoms with van der Waals surface area (Å²) in [5.74, 6) is 1.76. The van der Waals surface area contributed by atoms with E-state index in [0.29, 0.717) is 18.4 Å². The van der Waals surface area contributed by atoms with E-state index in [4.69, 9.17) is 0 Å². The van der Waals surface area contributed by atoms with Crippen molar-refractivity contribution in [2.24, 2.45) is 11.8 Å². The topological polar surface area (TPSA) is 41.1 Å². The summed E-state index contributed by atoms with van der Waals surface area (Å²) in [4.78, 5) is 11.4. The monoisotopic (exact) mass is 210 g/mol. The van der Waals surface area contributed by atoms with Gasteiger partial charge in [-0.1, -0.05) is 6.92 Å². The summed E-state index contributed by atoms with van der Waals surface area (Å²) in [5.41, 5.74) is 0. The van der Waals surface area contributed by atoms with E-state index in [-0.39, 0.29) is 5.91 Å². The Kier molecular flexibility index (Phi) is 3.62. The number of nitrogens with one attached hydrogen (secondary N) is 2. The Bertz CT molecular complexity index is 222. The molecule has 2 saturated carbocycles. The van der Waals surface area contributed by atoms with Gasteiger partial charge < -0.3 is 10.6 Å². The molecule has 1 unspecified atom stereocenters. The third-order valence-electron chi connectivity index (χ3n) is 3.41.